The summed E-state index contributed by atoms with van der Waals surface area (Å²) in [4.78, 5) is 13.8. The zero-order valence-corrected chi connectivity index (χ0v) is 10.8. The van der Waals surface area contributed by atoms with Crippen molar-refractivity contribution in [3.05, 3.63) is 0 Å². The minimum atomic E-state index is 0.329. The van der Waals surface area contributed by atoms with Crippen molar-refractivity contribution < 1.29 is 4.79 Å². The maximum absolute atomic E-state index is 11.7. The summed E-state index contributed by atoms with van der Waals surface area (Å²) in [6.07, 6.45) is 1.81. The fourth-order valence-electron chi connectivity index (χ4n) is 2.24. The zero-order chi connectivity index (χ0) is 11.6. The number of piperidine rings is 1. The van der Waals surface area contributed by atoms with Crippen LogP contribution in [-0.2, 0) is 4.79 Å². The van der Waals surface area contributed by atoms with Crippen LogP contribution in [0.15, 0.2) is 0 Å². The Morgan fingerprint density at radius 1 is 1.40 bits per heavy atom. The molecule has 1 aliphatic rings. The Morgan fingerprint density at radius 3 is 2.47 bits per heavy atom. The molecule has 0 bridgehead atoms. The molecule has 15 heavy (non-hydrogen) atoms. The first kappa shape index (κ1) is 12.5. The molecule has 0 aromatic rings. The van der Waals surface area contributed by atoms with E-state index in [0.717, 1.165) is 25.9 Å². The minimum absolute atomic E-state index is 0.329. The third-order valence-corrected chi connectivity index (χ3v) is 3.31. The van der Waals surface area contributed by atoms with E-state index in [2.05, 4.69) is 39.5 Å². The highest BCUT2D eigenvalue weighted by Gasteiger charge is 2.32. The standard InChI is InChI=1S/C13H25NO/c1-10(2)8-14-9-11(13(3,4)5)6-7-12(14)15/h10-11H,6-9H2,1-5H3. The van der Waals surface area contributed by atoms with Gasteiger partial charge in [-0.2, -0.15) is 0 Å². The SMILES string of the molecule is CC(C)CN1CC(C(C)(C)C)CCC1=O. The molecule has 0 N–H and O–H groups in total. The largest absolute Gasteiger partial charge is 0.342 e. The van der Waals surface area contributed by atoms with E-state index >= 15 is 0 Å². The van der Waals surface area contributed by atoms with Gasteiger partial charge in [0.25, 0.3) is 0 Å². The summed E-state index contributed by atoms with van der Waals surface area (Å²) in [5.41, 5.74) is 0.329. The Labute approximate surface area is 94.0 Å². The van der Waals surface area contributed by atoms with Gasteiger partial charge >= 0.3 is 0 Å². The minimum Gasteiger partial charge on any atom is -0.342 e. The van der Waals surface area contributed by atoms with E-state index in [1.54, 1.807) is 0 Å². The Balaban J connectivity index is 2.60. The normalized spacial score (nSPS) is 23.7. The van der Waals surface area contributed by atoms with Crippen LogP contribution < -0.4 is 0 Å². The number of hydrogen-bond acceptors (Lipinski definition) is 1. The van der Waals surface area contributed by atoms with Gasteiger partial charge in [0, 0.05) is 19.5 Å². The Bertz CT molecular complexity index is 227. The van der Waals surface area contributed by atoms with Gasteiger partial charge in [0.05, 0.1) is 0 Å². The van der Waals surface area contributed by atoms with Crippen LogP contribution >= 0.6 is 0 Å². The molecule has 88 valence electrons. The molecular formula is C13H25NO. The molecule has 0 aromatic heterocycles. The zero-order valence-electron chi connectivity index (χ0n) is 10.8. The molecule has 1 aliphatic heterocycles. The topological polar surface area (TPSA) is 20.3 Å². The van der Waals surface area contributed by atoms with Crippen LogP contribution in [0.25, 0.3) is 0 Å². The van der Waals surface area contributed by atoms with Crippen LogP contribution in [0.5, 0.6) is 0 Å². The van der Waals surface area contributed by atoms with Crippen LogP contribution in [0.4, 0.5) is 0 Å². The lowest BCUT2D eigenvalue weighted by molar-refractivity contribution is -0.136. The van der Waals surface area contributed by atoms with Crippen LogP contribution in [0.3, 0.4) is 0 Å². The molecule has 0 spiro atoms. The number of likely N-dealkylation sites (tertiary alicyclic amines) is 1. The van der Waals surface area contributed by atoms with Crippen molar-refractivity contribution in [2.45, 2.75) is 47.5 Å². The van der Waals surface area contributed by atoms with Gasteiger partial charge in [-0.05, 0) is 23.7 Å². The van der Waals surface area contributed by atoms with Crippen molar-refractivity contribution in [3.63, 3.8) is 0 Å². The van der Waals surface area contributed by atoms with E-state index in [0.29, 0.717) is 23.2 Å². The number of carbonyl (C=O) groups is 1. The first-order chi connectivity index (χ1) is 6.80. The second-order valence-electron chi connectivity index (χ2n) is 6.29. The van der Waals surface area contributed by atoms with Crippen molar-refractivity contribution in [1.82, 2.24) is 4.90 Å². The van der Waals surface area contributed by atoms with Crippen LogP contribution in [0, 0.1) is 17.3 Å². The fraction of sp³-hybridized carbons (Fsp3) is 0.923. The summed E-state index contributed by atoms with van der Waals surface area (Å²) in [5.74, 6) is 1.59. The fourth-order valence-corrected chi connectivity index (χ4v) is 2.24. The highest BCUT2D eigenvalue weighted by molar-refractivity contribution is 5.77. The number of amides is 1. The summed E-state index contributed by atoms with van der Waals surface area (Å²) < 4.78 is 0. The molecule has 1 saturated heterocycles. The molecule has 0 aliphatic carbocycles. The molecule has 1 fully saturated rings. The quantitative estimate of drug-likeness (QED) is 0.687. The predicted octanol–water partition coefficient (Wildman–Crippen LogP) is 2.93. The van der Waals surface area contributed by atoms with Crippen molar-refractivity contribution in [1.29, 1.82) is 0 Å². The lowest BCUT2D eigenvalue weighted by Gasteiger charge is -2.40. The van der Waals surface area contributed by atoms with Gasteiger partial charge in [-0.3, -0.25) is 4.79 Å². The van der Waals surface area contributed by atoms with Crippen molar-refractivity contribution >= 4 is 5.91 Å². The number of carbonyl (C=O) groups excluding carboxylic acids is 1. The third kappa shape index (κ3) is 3.51. The summed E-state index contributed by atoms with van der Waals surface area (Å²) in [5, 5.41) is 0. The van der Waals surface area contributed by atoms with Gasteiger partial charge in [-0.15, -0.1) is 0 Å². The molecule has 1 unspecified atom stereocenters. The van der Waals surface area contributed by atoms with E-state index in [1.165, 1.54) is 0 Å². The molecule has 1 amide bonds. The molecular weight excluding hydrogens is 186 g/mol. The second-order valence-corrected chi connectivity index (χ2v) is 6.29. The summed E-state index contributed by atoms with van der Waals surface area (Å²) >= 11 is 0. The lowest BCUT2D eigenvalue weighted by atomic mass is 9.76. The molecule has 2 nitrogen and oxygen atoms in total. The number of nitrogens with zero attached hydrogens (tertiary/aromatic N) is 1. The van der Waals surface area contributed by atoms with Gasteiger partial charge in [0.15, 0.2) is 0 Å². The second kappa shape index (κ2) is 4.54. The molecule has 1 atom stereocenters. The lowest BCUT2D eigenvalue weighted by Crippen LogP contribution is -2.45. The third-order valence-electron chi connectivity index (χ3n) is 3.31. The number of rotatable bonds is 2. The van der Waals surface area contributed by atoms with Crippen molar-refractivity contribution in [3.8, 4) is 0 Å². The van der Waals surface area contributed by atoms with E-state index in [9.17, 15) is 4.79 Å². The average Bonchev–Trinajstić information content (AvgIpc) is 2.06. The van der Waals surface area contributed by atoms with Gasteiger partial charge in [-0.25, -0.2) is 0 Å². The Morgan fingerprint density at radius 2 is 2.00 bits per heavy atom. The average molecular weight is 211 g/mol. The predicted molar refractivity (Wildman–Crippen MR) is 63.6 cm³/mol. The first-order valence-electron chi connectivity index (χ1n) is 6.08. The molecule has 0 saturated carbocycles. The summed E-state index contributed by atoms with van der Waals surface area (Å²) in [6, 6.07) is 0. The van der Waals surface area contributed by atoms with Gasteiger partial charge < -0.3 is 4.90 Å². The van der Waals surface area contributed by atoms with Crippen molar-refractivity contribution in [2.75, 3.05) is 13.1 Å². The highest BCUT2D eigenvalue weighted by Crippen LogP contribution is 2.33. The van der Waals surface area contributed by atoms with E-state index < -0.39 is 0 Å². The summed E-state index contributed by atoms with van der Waals surface area (Å²) in [7, 11) is 0. The first-order valence-corrected chi connectivity index (χ1v) is 6.08. The maximum Gasteiger partial charge on any atom is 0.222 e. The Hall–Kier alpha value is -0.530. The molecule has 2 heteroatoms. The maximum atomic E-state index is 11.7. The van der Waals surface area contributed by atoms with Gasteiger partial charge in [-0.1, -0.05) is 34.6 Å². The van der Waals surface area contributed by atoms with E-state index in [1.807, 2.05) is 0 Å². The summed E-state index contributed by atoms with van der Waals surface area (Å²) in [6.45, 7) is 13.1. The van der Waals surface area contributed by atoms with E-state index in [4.69, 9.17) is 0 Å². The number of hydrogen-bond donors (Lipinski definition) is 0. The van der Waals surface area contributed by atoms with Crippen LogP contribution in [0.2, 0.25) is 0 Å². The molecule has 0 aromatic carbocycles. The van der Waals surface area contributed by atoms with Crippen LogP contribution in [0.1, 0.15) is 47.5 Å². The Kier molecular flexibility index (Phi) is 3.80. The van der Waals surface area contributed by atoms with E-state index in [-0.39, 0.29) is 0 Å². The monoisotopic (exact) mass is 211 g/mol. The molecule has 1 rings (SSSR count). The van der Waals surface area contributed by atoms with Crippen LogP contribution in [-0.4, -0.2) is 23.9 Å². The van der Waals surface area contributed by atoms with Crippen molar-refractivity contribution in [2.24, 2.45) is 17.3 Å². The smallest absolute Gasteiger partial charge is 0.222 e. The van der Waals surface area contributed by atoms with Gasteiger partial charge in [0.1, 0.15) is 0 Å². The molecule has 0 radical (unpaired) electrons. The molecule has 1 heterocycles. The van der Waals surface area contributed by atoms with Gasteiger partial charge in [0.2, 0.25) is 5.91 Å². The highest BCUT2D eigenvalue weighted by atomic mass is 16.2.